The number of aromatic amines is 1. The second-order valence-electron chi connectivity index (χ2n) is 4.49. The van der Waals surface area contributed by atoms with Crippen LogP contribution in [-0.4, -0.2) is 19.9 Å². The highest BCUT2D eigenvalue weighted by molar-refractivity contribution is 5.60. The molecule has 2 N–H and O–H groups in total. The van der Waals surface area contributed by atoms with Gasteiger partial charge in [0.1, 0.15) is 0 Å². The fourth-order valence-corrected chi connectivity index (χ4v) is 1.89. The molecule has 0 aliphatic carbocycles. The van der Waals surface area contributed by atoms with Crippen molar-refractivity contribution in [2.45, 2.75) is 6.92 Å². The van der Waals surface area contributed by atoms with Crippen LogP contribution in [0, 0.1) is 6.92 Å². The third kappa shape index (κ3) is 3.11. The smallest absolute Gasteiger partial charge is 0.252 e. The van der Waals surface area contributed by atoms with Gasteiger partial charge in [-0.1, -0.05) is 30.3 Å². The van der Waals surface area contributed by atoms with Crippen molar-refractivity contribution in [2.24, 2.45) is 0 Å². The zero-order chi connectivity index (χ0) is 14.7. The van der Waals surface area contributed by atoms with E-state index in [-0.39, 0.29) is 5.56 Å². The van der Waals surface area contributed by atoms with Crippen LogP contribution in [0.4, 0.5) is 11.9 Å². The van der Waals surface area contributed by atoms with Crippen molar-refractivity contribution in [3.05, 3.63) is 64.7 Å². The standard InChI is InChI=1S/C15H13N5O/c1-10-7-8-16-14(17-10)20-15-18-12(9-13(21)19-15)11-5-3-2-4-6-11/h2-9H,1H3,(H2,16,17,18,19,20,21). The molecule has 104 valence electrons. The molecule has 21 heavy (non-hydrogen) atoms. The van der Waals surface area contributed by atoms with E-state index in [1.54, 1.807) is 12.3 Å². The molecule has 3 aromatic rings. The Hall–Kier alpha value is -3.02. The summed E-state index contributed by atoms with van der Waals surface area (Å²) in [6, 6.07) is 12.8. The van der Waals surface area contributed by atoms with Crippen molar-refractivity contribution in [3.63, 3.8) is 0 Å². The Balaban J connectivity index is 1.97. The summed E-state index contributed by atoms with van der Waals surface area (Å²) in [7, 11) is 0. The van der Waals surface area contributed by atoms with E-state index in [0.717, 1.165) is 11.3 Å². The zero-order valence-electron chi connectivity index (χ0n) is 11.4. The summed E-state index contributed by atoms with van der Waals surface area (Å²) in [5.74, 6) is 0.704. The summed E-state index contributed by atoms with van der Waals surface area (Å²) in [6.07, 6.45) is 1.64. The molecule has 0 fully saturated rings. The Kier molecular flexibility index (Phi) is 3.42. The van der Waals surface area contributed by atoms with Gasteiger partial charge >= 0.3 is 0 Å². The molecule has 0 atom stereocenters. The SMILES string of the molecule is Cc1ccnc(Nc2nc(-c3ccccc3)cc(=O)[nH]2)n1. The molecule has 6 nitrogen and oxygen atoms in total. The monoisotopic (exact) mass is 279 g/mol. The molecule has 0 radical (unpaired) electrons. The first kappa shape index (κ1) is 13.0. The first-order chi connectivity index (χ1) is 10.2. The summed E-state index contributed by atoms with van der Waals surface area (Å²) in [4.78, 5) is 27.1. The molecule has 0 saturated heterocycles. The number of hydrogen-bond donors (Lipinski definition) is 2. The van der Waals surface area contributed by atoms with Crippen LogP contribution < -0.4 is 10.9 Å². The summed E-state index contributed by atoms with van der Waals surface area (Å²) in [5, 5.41) is 2.91. The Bertz CT molecular complexity index is 814. The molecule has 0 bridgehead atoms. The molecule has 0 aliphatic rings. The van der Waals surface area contributed by atoms with Gasteiger partial charge in [0.25, 0.3) is 5.56 Å². The van der Waals surface area contributed by atoms with E-state index in [9.17, 15) is 4.79 Å². The van der Waals surface area contributed by atoms with Gasteiger partial charge in [0, 0.05) is 23.5 Å². The minimum absolute atomic E-state index is 0.237. The van der Waals surface area contributed by atoms with Crippen molar-refractivity contribution in [2.75, 3.05) is 5.32 Å². The fourth-order valence-electron chi connectivity index (χ4n) is 1.89. The van der Waals surface area contributed by atoms with Crippen molar-refractivity contribution >= 4 is 11.9 Å². The molecular formula is C15H13N5O. The topological polar surface area (TPSA) is 83.6 Å². The summed E-state index contributed by atoms with van der Waals surface area (Å²) >= 11 is 0. The number of hydrogen-bond acceptors (Lipinski definition) is 5. The minimum atomic E-state index is -0.237. The number of aryl methyl sites for hydroxylation is 1. The lowest BCUT2D eigenvalue weighted by atomic mass is 10.1. The van der Waals surface area contributed by atoms with Crippen molar-refractivity contribution in [1.29, 1.82) is 0 Å². The molecule has 0 unspecified atom stereocenters. The van der Waals surface area contributed by atoms with E-state index in [4.69, 9.17) is 0 Å². The van der Waals surface area contributed by atoms with E-state index in [2.05, 4.69) is 25.3 Å². The van der Waals surface area contributed by atoms with Gasteiger partial charge in [-0.25, -0.2) is 15.0 Å². The van der Waals surface area contributed by atoms with Crippen molar-refractivity contribution in [1.82, 2.24) is 19.9 Å². The first-order valence-electron chi connectivity index (χ1n) is 6.44. The average Bonchev–Trinajstić information content (AvgIpc) is 2.47. The molecular weight excluding hydrogens is 266 g/mol. The van der Waals surface area contributed by atoms with Crippen LogP contribution in [0.15, 0.2) is 53.5 Å². The largest absolute Gasteiger partial charge is 0.294 e. The highest BCUT2D eigenvalue weighted by Gasteiger charge is 2.05. The number of aromatic nitrogens is 4. The van der Waals surface area contributed by atoms with Crippen LogP contribution in [0.1, 0.15) is 5.69 Å². The van der Waals surface area contributed by atoms with Gasteiger partial charge in [0.15, 0.2) is 0 Å². The number of H-pyrrole nitrogens is 1. The quantitative estimate of drug-likeness (QED) is 0.768. The normalized spacial score (nSPS) is 10.3. The van der Waals surface area contributed by atoms with Gasteiger partial charge in [0.05, 0.1) is 5.69 Å². The molecule has 0 spiro atoms. The molecule has 3 rings (SSSR count). The van der Waals surface area contributed by atoms with E-state index in [1.807, 2.05) is 37.3 Å². The molecule has 1 aromatic carbocycles. The van der Waals surface area contributed by atoms with Crippen LogP contribution in [0.25, 0.3) is 11.3 Å². The highest BCUT2D eigenvalue weighted by atomic mass is 16.1. The minimum Gasteiger partial charge on any atom is -0.294 e. The van der Waals surface area contributed by atoms with Crippen LogP contribution in [0.5, 0.6) is 0 Å². The van der Waals surface area contributed by atoms with Gasteiger partial charge in [-0.05, 0) is 13.0 Å². The maximum Gasteiger partial charge on any atom is 0.252 e. The van der Waals surface area contributed by atoms with Crippen molar-refractivity contribution in [3.8, 4) is 11.3 Å². The molecule has 0 aliphatic heterocycles. The number of benzene rings is 1. The summed E-state index contributed by atoms with van der Waals surface area (Å²) < 4.78 is 0. The lowest BCUT2D eigenvalue weighted by molar-refractivity contribution is 1.06. The predicted molar refractivity (Wildman–Crippen MR) is 80.3 cm³/mol. The maximum absolute atomic E-state index is 11.8. The number of anilines is 2. The molecule has 6 heteroatoms. The van der Waals surface area contributed by atoms with Crippen LogP contribution >= 0.6 is 0 Å². The maximum atomic E-state index is 11.8. The van der Waals surface area contributed by atoms with Gasteiger partial charge in [-0.3, -0.25) is 15.1 Å². The molecule has 0 amide bonds. The van der Waals surface area contributed by atoms with E-state index < -0.39 is 0 Å². The fraction of sp³-hybridized carbons (Fsp3) is 0.0667. The molecule has 2 aromatic heterocycles. The Labute approximate surface area is 121 Å². The lowest BCUT2D eigenvalue weighted by Crippen LogP contribution is -2.11. The Morgan fingerprint density at radius 2 is 1.90 bits per heavy atom. The van der Waals surface area contributed by atoms with Gasteiger partial charge < -0.3 is 0 Å². The first-order valence-corrected chi connectivity index (χ1v) is 6.44. The van der Waals surface area contributed by atoms with Gasteiger partial charge in [-0.2, -0.15) is 0 Å². The number of rotatable bonds is 3. The van der Waals surface area contributed by atoms with Gasteiger partial charge in [-0.15, -0.1) is 0 Å². The van der Waals surface area contributed by atoms with E-state index >= 15 is 0 Å². The van der Waals surface area contributed by atoms with Crippen LogP contribution in [-0.2, 0) is 0 Å². The molecule has 2 heterocycles. The third-order valence-electron chi connectivity index (χ3n) is 2.84. The second kappa shape index (κ2) is 5.54. The third-order valence-corrected chi connectivity index (χ3v) is 2.84. The lowest BCUT2D eigenvalue weighted by Gasteiger charge is -2.06. The van der Waals surface area contributed by atoms with E-state index in [1.165, 1.54) is 6.07 Å². The molecule has 0 saturated carbocycles. The Morgan fingerprint density at radius 3 is 2.67 bits per heavy atom. The predicted octanol–water partition coefficient (Wildman–Crippen LogP) is 2.28. The average molecular weight is 279 g/mol. The summed E-state index contributed by atoms with van der Waals surface area (Å²) in [5.41, 5.74) is 2.05. The highest BCUT2D eigenvalue weighted by Crippen LogP contribution is 2.16. The van der Waals surface area contributed by atoms with E-state index in [0.29, 0.717) is 17.6 Å². The Morgan fingerprint density at radius 1 is 1.10 bits per heavy atom. The zero-order valence-corrected chi connectivity index (χ0v) is 11.4. The van der Waals surface area contributed by atoms with Crippen LogP contribution in [0.2, 0.25) is 0 Å². The van der Waals surface area contributed by atoms with Gasteiger partial charge in [0.2, 0.25) is 11.9 Å². The second-order valence-corrected chi connectivity index (χ2v) is 4.49. The summed E-state index contributed by atoms with van der Waals surface area (Å²) in [6.45, 7) is 1.86. The number of nitrogens with zero attached hydrogens (tertiary/aromatic N) is 3. The van der Waals surface area contributed by atoms with Crippen LogP contribution in [0.3, 0.4) is 0 Å². The number of nitrogens with one attached hydrogen (secondary N) is 2. The van der Waals surface area contributed by atoms with Crippen molar-refractivity contribution < 1.29 is 0 Å².